The highest BCUT2D eigenvalue weighted by Crippen LogP contribution is 2.25. The van der Waals surface area contributed by atoms with Crippen molar-refractivity contribution >= 4 is 22.8 Å². The summed E-state index contributed by atoms with van der Waals surface area (Å²) in [5.74, 6) is 0.0649. The van der Waals surface area contributed by atoms with Crippen LogP contribution in [0.1, 0.15) is 37.4 Å². The van der Waals surface area contributed by atoms with Gasteiger partial charge in [0, 0.05) is 13.1 Å². The van der Waals surface area contributed by atoms with E-state index in [1.807, 2.05) is 84.9 Å². The summed E-state index contributed by atoms with van der Waals surface area (Å²) >= 11 is 0. The number of carbonyl (C=O) groups excluding carboxylic acids is 2. The molecule has 4 aromatic rings. The molecule has 0 unspecified atom stereocenters. The van der Waals surface area contributed by atoms with Crippen molar-refractivity contribution in [1.29, 1.82) is 0 Å². The van der Waals surface area contributed by atoms with E-state index in [-0.39, 0.29) is 18.4 Å². The summed E-state index contributed by atoms with van der Waals surface area (Å²) in [6.07, 6.45) is 0.866. The Morgan fingerprint density at radius 2 is 1.57 bits per heavy atom. The second kappa shape index (κ2) is 11.4. The van der Waals surface area contributed by atoms with Gasteiger partial charge in [-0.1, -0.05) is 91.9 Å². The van der Waals surface area contributed by atoms with Crippen molar-refractivity contribution in [2.45, 2.75) is 39.4 Å². The number of hydrogen-bond donors (Lipinski definition) is 1. The first-order valence-electron chi connectivity index (χ1n) is 12.0. The number of aromatic nitrogens is 3. The Balaban J connectivity index is 1.68. The zero-order valence-electron chi connectivity index (χ0n) is 20.2. The highest BCUT2D eigenvalue weighted by molar-refractivity contribution is 5.89. The molecule has 0 bridgehead atoms. The minimum Gasteiger partial charge on any atom is -0.354 e. The largest absolute Gasteiger partial charge is 0.354 e. The number of fused-ring (bicyclic) bond motifs is 1. The van der Waals surface area contributed by atoms with Crippen molar-refractivity contribution in [2.75, 3.05) is 6.54 Å². The summed E-state index contributed by atoms with van der Waals surface area (Å²) in [6.45, 7) is 5.07. The number of amides is 2. The molecule has 1 aromatic heterocycles. The van der Waals surface area contributed by atoms with Gasteiger partial charge in [-0.25, -0.2) is 4.68 Å². The zero-order chi connectivity index (χ0) is 24.6. The number of hydrogen-bond acceptors (Lipinski definition) is 4. The summed E-state index contributed by atoms with van der Waals surface area (Å²) in [7, 11) is 0. The van der Waals surface area contributed by atoms with Gasteiger partial charge in [-0.3, -0.25) is 9.59 Å². The molecule has 1 atom stereocenters. The Morgan fingerprint density at radius 1 is 0.914 bits per heavy atom. The molecule has 3 aromatic carbocycles. The van der Waals surface area contributed by atoms with Gasteiger partial charge in [-0.05, 0) is 35.6 Å². The summed E-state index contributed by atoms with van der Waals surface area (Å²) < 4.78 is 1.59. The quantitative estimate of drug-likeness (QED) is 0.374. The SMILES string of the molecule is CC(C)CCNC(=O)[C@H](c1ccccc1)N(Cc1ccccc1)C(=O)Cn1nnc2ccccc21. The highest BCUT2D eigenvalue weighted by Gasteiger charge is 2.32. The van der Waals surface area contributed by atoms with E-state index in [0.29, 0.717) is 19.0 Å². The first-order valence-corrected chi connectivity index (χ1v) is 12.0. The second-order valence-corrected chi connectivity index (χ2v) is 9.03. The van der Waals surface area contributed by atoms with E-state index >= 15 is 0 Å². The lowest BCUT2D eigenvalue weighted by Gasteiger charge is -2.31. The topological polar surface area (TPSA) is 80.1 Å². The average Bonchev–Trinajstić information content (AvgIpc) is 3.27. The summed E-state index contributed by atoms with van der Waals surface area (Å²) in [5, 5.41) is 11.4. The number of rotatable bonds is 10. The van der Waals surface area contributed by atoms with E-state index in [4.69, 9.17) is 0 Å². The Kier molecular flexibility index (Phi) is 7.88. The van der Waals surface area contributed by atoms with E-state index in [9.17, 15) is 9.59 Å². The van der Waals surface area contributed by atoms with Crippen LogP contribution in [0.2, 0.25) is 0 Å². The van der Waals surface area contributed by atoms with Crippen LogP contribution in [-0.4, -0.2) is 38.3 Å². The van der Waals surface area contributed by atoms with Crippen molar-refractivity contribution in [1.82, 2.24) is 25.2 Å². The second-order valence-electron chi connectivity index (χ2n) is 9.03. The van der Waals surface area contributed by atoms with Crippen LogP contribution in [0.25, 0.3) is 11.0 Å². The van der Waals surface area contributed by atoms with Crippen molar-refractivity contribution < 1.29 is 9.59 Å². The number of nitrogens with zero attached hydrogens (tertiary/aromatic N) is 4. The predicted octanol–water partition coefficient (Wildman–Crippen LogP) is 4.36. The number of nitrogens with one attached hydrogen (secondary N) is 1. The fraction of sp³-hybridized carbons (Fsp3) is 0.286. The Hall–Kier alpha value is -4.00. The van der Waals surface area contributed by atoms with Gasteiger partial charge in [0.25, 0.3) is 0 Å². The molecular weight excluding hydrogens is 438 g/mol. The molecule has 7 heteroatoms. The van der Waals surface area contributed by atoms with Gasteiger partial charge in [0.15, 0.2) is 0 Å². The Labute approximate surface area is 205 Å². The fourth-order valence-electron chi connectivity index (χ4n) is 4.05. The molecule has 0 saturated heterocycles. The molecule has 0 aliphatic carbocycles. The van der Waals surface area contributed by atoms with E-state index in [2.05, 4.69) is 29.5 Å². The third kappa shape index (κ3) is 6.12. The van der Waals surface area contributed by atoms with Crippen molar-refractivity contribution in [3.05, 3.63) is 96.1 Å². The summed E-state index contributed by atoms with van der Waals surface area (Å²) in [5.41, 5.74) is 3.21. The normalized spacial score (nSPS) is 12.0. The highest BCUT2D eigenvalue weighted by atomic mass is 16.2. The van der Waals surface area contributed by atoms with E-state index in [1.54, 1.807) is 9.58 Å². The number of benzene rings is 3. The molecule has 0 fully saturated rings. The molecule has 0 aliphatic rings. The van der Waals surface area contributed by atoms with Crippen molar-refractivity contribution in [3.63, 3.8) is 0 Å². The lowest BCUT2D eigenvalue weighted by atomic mass is 10.0. The maximum atomic E-state index is 13.8. The molecular formula is C28H31N5O2. The average molecular weight is 470 g/mol. The lowest BCUT2D eigenvalue weighted by Crippen LogP contribution is -2.45. The van der Waals surface area contributed by atoms with Crippen LogP contribution in [0, 0.1) is 5.92 Å². The maximum Gasteiger partial charge on any atom is 0.247 e. The molecule has 35 heavy (non-hydrogen) atoms. The van der Waals surface area contributed by atoms with Gasteiger partial charge in [0.2, 0.25) is 11.8 Å². The van der Waals surface area contributed by atoms with Gasteiger partial charge in [-0.2, -0.15) is 0 Å². The minimum atomic E-state index is -0.772. The van der Waals surface area contributed by atoms with Crippen LogP contribution >= 0.6 is 0 Å². The summed E-state index contributed by atoms with van der Waals surface area (Å²) in [4.78, 5) is 29.0. The van der Waals surface area contributed by atoms with Crippen LogP contribution in [0.3, 0.4) is 0 Å². The van der Waals surface area contributed by atoms with Crippen LogP contribution < -0.4 is 5.32 Å². The van der Waals surface area contributed by atoms with Crippen LogP contribution in [-0.2, 0) is 22.7 Å². The molecule has 180 valence electrons. The Bertz CT molecular complexity index is 1250. The first kappa shape index (κ1) is 24.1. The van der Waals surface area contributed by atoms with Crippen LogP contribution in [0.4, 0.5) is 0 Å². The number of carbonyl (C=O) groups is 2. The van der Waals surface area contributed by atoms with Gasteiger partial charge in [0.1, 0.15) is 18.1 Å². The van der Waals surface area contributed by atoms with Crippen molar-refractivity contribution in [3.8, 4) is 0 Å². The van der Waals surface area contributed by atoms with Gasteiger partial charge in [0.05, 0.1) is 5.52 Å². The van der Waals surface area contributed by atoms with Gasteiger partial charge in [-0.15, -0.1) is 5.10 Å². The first-order chi connectivity index (χ1) is 17.0. The summed E-state index contributed by atoms with van der Waals surface area (Å²) in [6, 6.07) is 25.9. The monoisotopic (exact) mass is 469 g/mol. The van der Waals surface area contributed by atoms with Gasteiger partial charge < -0.3 is 10.2 Å². The molecule has 0 radical (unpaired) electrons. The molecule has 0 aliphatic heterocycles. The molecule has 0 spiro atoms. The van der Waals surface area contributed by atoms with E-state index in [1.165, 1.54) is 0 Å². The molecule has 0 saturated carbocycles. The predicted molar refractivity (Wildman–Crippen MR) is 136 cm³/mol. The third-order valence-electron chi connectivity index (χ3n) is 5.92. The number of para-hydroxylation sites is 1. The molecule has 1 heterocycles. The van der Waals surface area contributed by atoms with Crippen LogP contribution in [0.5, 0.6) is 0 Å². The van der Waals surface area contributed by atoms with Gasteiger partial charge >= 0.3 is 0 Å². The van der Waals surface area contributed by atoms with Crippen molar-refractivity contribution in [2.24, 2.45) is 5.92 Å². The molecule has 2 amide bonds. The Morgan fingerprint density at radius 3 is 2.29 bits per heavy atom. The standard InChI is InChI=1S/C28H31N5O2/c1-21(2)17-18-29-28(35)27(23-13-7-4-8-14-23)32(19-22-11-5-3-6-12-22)26(34)20-33-25-16-10-9-15-24(25)30-31-33/h3-16,21,27H,17-20H2,1-2H3,(H,29,35)/t27-/m0/s1. The molecule has 7 nitrogen and oxygen atoms in total. The lowest BCUT2D eigenvalue weighted by molar-refractivity contribution is -0.142. The third-order valence-corrected chi connectivity index (χ3v) is 5.92. The fourth-order valence-corrected chi connectivity index (χ4v) is 4.05. The smallest absolute Gasteiger partial charge is 0.247 e. The maximum absolute atomic E-state index is 13.8. The molecule has 1 N–H and O–H groups in total. The minimum absolute atomic E-state index is 0.0179. The van der Waals surface area contributed by atoms with Crippen LogP contribution in [0.15, 0.2) is 84.9 Å². The van der Waals surface area contributed by atoms with E-state index < -0.39 is 6.04 Å². The zero-order valence-corrected chi connectivity index (χ0v) is 20.2. The van der Waals surface area contributed by atoms with E-state index in [0.717, 1.165) is 28.6 Å². The molecule has 4 rings (SSSR count).